The molecule has 108 valence electrons. The zero-order valence-electron chi connectivity index (χ0n) is 12.5. The van der Waals surface area contributed by atoms with Crippen LogP contribution in [0.4, 0.5) is 0 Å². The first-order valence-corrected chi connectivity index (χ1v) is 7.13. The fourth-order valence-corrected chi connectivity index (χ4v) is 3.28. The third-order valence-electron chi connectivity index (χ3n) is 4.22. The number of methoxy groups -OCH3 is 1. The summed E-state index contributed by atoms with van der Waals surface area (Å²) in [6.45, 7) is 6.04. The van der Waals surface area contributed by atoms with E-state index in [-0.39, 0.29) is 6.04 Å². The molecule has 0 spiro atoms. The van der Waals surface area contributed by atoms with Gasteiger partial charge >= 0.3 is 0 Å². The van der Waals surface area contributed by atoms with Crippen LogP contribution >= 0.6 is 0 Å². The maximum absolute atomic E-state index is 6.07. The molecule has 1 aromatic heterocycles. The van der Waals surface area contributed by atoms with E-state index in [0.29, 0.717) is 12.6 Å². The lowest BCUT2D eigenvalue weighted by Crippen LogP contribution is -2.43. The number of likely N-dealkylation sites (tertiary alicyclic amines) is 1. The van der Waals surface area contributed by atoms with Gasteiger partial charge in [-0.3, -0.25) is 4.90 Å². The van der Waals surface area contributed by atoms with Crippen LogP contribution in [-0.2, 0) is 7.05 Å². The molecule has 0 aliphatic carbocycles. The van der Waals surface area contributed by atoms with Gasteiger partial charge < -0.3 is 10.5 Å². The van der Waals surface area contributed by atoms with Crippen molar-refractivity contribution in [2.75, 3.05) is 20.2 Å². The third kappa shape index (κ3) is 2.62. The van der Waals surface area contributed by atoms with Crippen molar-refractivity contribution >= 4 is 0 Å². The van der Waals surface area contributed by atoms with E-state index < -0.39 is 0 Å². The summed E-state index contributed by atoms with van der Waals surface area (Å²) in [4.78, 5) is 2.51. The Bertz CT molecular complexity index is 429. The molecule has 1 saturated heterocycles. The highest BCUT2D eigenvalue weighted by Gasteiger charge is 2.31. The van der Waals surface area contributed by atoms with Gasteiger partial charge in [-0.15, -0.1) is 0 Å². The Morgan fingerprint density at radius 2 is 2.21 bits per heavy atom. The SMILES string of the molecule is COc1c(C(CN)N2CCCCC2C)c(C)nn1C. The Hall–Kier alpha value is -1.07. The molecule has 0 bridgehead atoms. The maximum Gasteiger partial charge on any atom is 0.216 e. The van der Waals surface area contributed by atoms with Crippen LogP contribution in [0.3, 0.4) is 0 Å². The van der Waals surface area contributed by atoms with Gasteiger partial charge in [0, 0.05) is 19.6 Å². The zero-order chi connectivity index (χ0) is 14.0. The van der Waals surface area contributed by atoms with Gasteiger partial charge in [0.2, 0.25) is 5.88 Å². The summed E-state index contributed by atoms with van der Waals surface area (Å²) in [7, 11) is 3.62. The predicted molar refractivity (Wildman–Crippen MR) is 76.3 cm³/mol. The molecule has 0 saturated carbocycles. The zero-order valence-corrected chi connectivity index (χ0v) is 12.5. The minimum atomic E-state index is 0.207. The monoisotopic (exact) mass is 266 g/mol. The molecule has 0 amide bonds. The minimum Gasteiger partial charge on any atom is -0.481 e. The molecule has 2 N–H and O–H groups in total. The van der Waals surface area contributed by atoms with E-state index in [1.807, 2.05) is 18.7 Å². The Balaban J connectivity index is 2.36. The lowest BCUT2D eigenvalue weighted by Gasteiger charge is -2.39. The molecule has 2 unspecified atom stereocenters. The fourth-order valence-electron chi connectivity index (χ4n) is 3.28. The molecular weight excluding hydrogens is 240 g/mol. The van der Waals surface area contributed by atoms with Gasteiger partial charge in [0.1, 0.15) is 0 Å². The number of hydrogen-bond acceptors (Lipinski definition) is 4. The van der Waals surface area contributed by atoms with Crippen molar-refractivity contribution in [3.63, 3.8) is 0 Å². The third-order valence-corrected chi connectivity index (χ3v) is 4.22. The van der Waals surface area contributed by atoms with Crippen molar-refractivity contribution in [2.24, 2.45) is 12.8 Å². The average molecular weight is 266 g/mol. The predicted octanol–water partition coefficient (Wildman–Crippen LogP) is 1.61. The van der Waals surface area contributed by atoms with Crippen LogP contribution in [0.1, 0.15) is 43.5 Å². The summed E-state index contributed by atoms with van der Waals surface area (Å²) in [6.07, 6.45) is 3.82. The number of hydrogen-bond donors (Lipinski definition) is 1. The van der Waals surface area contributed by atoms with Crippen LogP contribution in [0, 0.1) is 6.92 Å². The highest BCUT2D eigenvalue weighted by atomic mass is 16.5. The molecule has 2 rings (SSSR count). The largest absolute Gasteiger partial charge is 0.481 e. The van der Waals surface area contributed by atoms with Gasteiger partial charge in [-0.05, 0) is 33.2 Å². The van der Waals surface area contributed by atoms with Crippen molar-refractivity contribution in [3.8, 4) is 5.88 Å². The molecule has 1 aliphatic heterocycles. The Labute approximate surface area is 115 Å². The second-order valence-corrected chi connectivity index (χ2v) is 5.47. The Morgan fingerprint density at radius 1 is 1.47 bits per heavy atom. The van der Waals surface area contributed by atoms with Gasteiger partial charge in [0.05, 0.1) is 24.4 Å². The normalized spacial score (nSPS) is 22.5. The van der Waals surface area contributed by atoms with E-state index in [0.717, 1.165) is 23.7 Å². The lowest BCUT2D eigenvalue weighted by molar-refractivity contribution is 0.107. The summed E-state index contributed by atoms with van der Waals surface area (Å²) in [5.74, 6) is 0.839. The van der Waals surface area contributed by atoms with E-state index in [1.54, 1.807) is 7.11 Å². The van der Waals surface area contributed by atoms with Gasteiger partial charge in [-0.2, -0.15) is 5.10 Å². The van der Waals surface area contributed by atoms with Crippen LogP contribution < -0.4 is 10.5 Å². The van der Waals surface area contributed by atoms with Gasteiger partial charge in [0.15, 0.2) is 0 Å². The number of aryl methyl sites for hydroxylation is 2. The van der Waals surface area contributed by atoms with Crippen molar-refractivity contribution in [3.05, 3.63) is 11.3 Å². The summed E-state index contributed by atoms with van der Waals surface area (Å²) in [5, 5.41) is 4.48. The fraction of sp³-hybridized carbons (Fsp3) is 0.786. The summed E-state index contributed by atoms with van der Waals surface area (Å²) in [5.41, 5.74) is 8.24. The topological polar surface area (TPSA) is 56.3 Å². The number of nitrogens with zero attached hydrogens (tertiary/aromatic N) is 3. The smallest absolute Gasteiger partial charge is 0.216 e. The molecule has 0 radical (unpaired) electrons. The van der Waals surface area contributed by atoms with Crippen LogP contribution in [0.5, 0.6) is 5.88 Å². The van der Waals surface area contributed by atoms with E-state index in [9.17, 15) is 0 Å². The molecule has 0 aromatic carbocycles. The molecule has 1 fully saturated rings. The molecule has 5 heteroatoms. The van der Waals surface area contributed by atoms with Crippen LogP contribution in [-0.4, -0.2) is 40.9 Å². The highest BCUT2D eigenvalue weighted by Crippen LogP contribution is 2.34. The van der Waals surface area contributed by atoms with Crippen molar-refractivity contribution in [2.45, 2.75) is 45.2 Å². The van der Waals surface area contributed by atoms with E-state index in [2.05, 4.69) is 16.9 Å². The lowest BCUT2D eigenvalue weighted by atomic mass is 9.97. The quantitative estimate of drug-likeness (QED) is 0.899. The van der Waals surface area contributed by atoms with Crippen molar-refractivity contribution < 1.29 is 4.74 Å². The first-order chi connectivity index (χ1) is 9.10. The summed E-state index contributed by atoms with van der Waals surface area (Å²) < 4.78 is 7.33. The number of nitrogens with two attached hydrogens (primary N) is 1. The molecule has 5 nitrogen and oxygen atoms in total. The van der Waals surface area contributed by atoms with E-state index in [4.69, 9.17) is 10.5 Å². The molecular formula is C14H26N4O. The molecule has 2 heterocycles. The highest BCUT2D eigenvalue weighted by molar-refractivity contribution is 5.34. The summed E-state index contributed by atoms with van der Waals surface area (Å²) in [6, 6.07) is 0.783. The standard InChI is InChI=1S/C14H26N4O/c1-10-7-5-6-8-18(10)12(9-15)13-11(2)16-17(3)14(13)19-4/h10,12H,5-9,15H2,1-4H3. The average Bonchev–Trinajstić information content (AvgIpc) is 2.67. The van der Waals surface area contributed by atoms with Crippen molar-refractivity contribution in [1.82, 2.24) is 14.7 Å². The number of ether oxygens (including phenoxy) is 1. The van der Waals surface area contributed by atoms with Crippen LogP contribution in [0.2, 0.25) is 0 Å². The molecule has 2 atom stereocenters. The van der Waals surface area contributed by atoms with Gasteiger partial charge in [-0.1, -0.05) is 6.42 Å². The second kappa shape index (κ2) is 5.92. The Morgan fingerprint density at radius 3 is 2.79 bits per heavy atom. The minimum absolute atomic E-state index is 0.207. The Kier molecular flexibility index (Phi) is 4.47. The molecule has 1 aliphatic rings. The van der Waals surface area contributed by atoms with Crippen LogP contribution in [0.25, 0.3) is 0 Å². The number of piperidine rings is 1. The first-order valence-electron chi connectivity index (χ1n) is 7.13. The van der Waals surface area contributed by atoms with Gasteiger partial charge in [0.25, 0.3) is 0 Å². The maximum atomic E-state index is 6.07. The molecule has 19 heavy (non-hydrogen) atoms. The molecule has 1 aromatic rings. The second-order valence-electron chi connectivity index (χ2n) is 5.47. The van der Waals surface area contributed by atoms with Crippen LogP contribution in [0.15, 0.2) is 0 Å². The number of aromatic nitrogens is 2. The summed E-state index contributed by atoms with van der Waals surface area (Å²) >= 11 is 0. The van der Waals surface area contributed by atoms with Crippen molar-refractivity contribution in [1.29, 1.82) is 0 Å². The van der Waals surface area contributed by atoms with E-state index >= 15 is 0 Å². The first kappa shape index (κ1) is 14.3. The van der Waals surface area contributed by atoms with E-state index in [1.165, 1.54) is 19.3 Å². The van der Waals surface area contributed by atoms with Gasteiger partial charge in [-0.25, -0.2) is 4.68 Å². The number of rotatable bonds is 4.